The van der Waals surface area contributed by atoms with Crippen LogP contribution in [0.5, 0.6) is 0 Å². The highest BCUT2D eigenvalue weighted by Gasteiger charge is 2.19. The Kier molecular flexibility index (Phi) is 3.49. The molecule has 0 aromatic heterocycles. The smallest absolute Gasteiger partial charge is 0.283 e. The number of nitrogens with zero attached hydrogens (tertiary/aromatic N) is 2. The average Bonchev–Trinajstić information content (AvgIpc) is 2.19. The van der Waals surface area contributed by atoms with E-state index in [-0.39, 0.29) is 0 Å². The van der Waals surface area contributed by atoms with Crippen molar-refractivity contribution in [2.24, 2.45) is 0 Å². The third kappa shape index (κ3) is 2.24. The van der Waals surface area contributed by atoms with Crippen LogP contribution in [0.1, 0.15) is 6.92 Å². The van der Waals surface area contributed by atoms with Gasteiger partial charge in [-0.1, -0.05) is 18.2 Å². The molecule has 3 nitrogen and oxygen atoms in total. The number of anilines is 1. The van der Waals surface area contributed by atoms with Crippen LogP contribution in [0, 0.1) is 11.3 Å². The lowest BCUT2D eigenvalue weighted by atomic mass is 10.2. The molecule has 0 aliphatic heterocycles. The van der Waals surface area contributed by atoms with E-state index < -0.39 is 11.4 Å². The molecule has 0 aliphatic rings. The first-order valence-electron chi connectivity index (χ1n) is 4.10. The lowest BCUT2D eigenvalue weighted by molar-refractivity contribution is 0.263. The third-order valence-corrected chi connectivity index (χ3v) is 1.98. The van der Waals surface area contributed by atoms with Gasteiger partial charge in [0.05, 0.1) is 6.07 Å². The van der Waals surface area contributed by atoms with Crippen molar-refractivity contribution in [3.8, 4) is 6.07 Å². The van der Waals surface area contributed by atoms with E-state index in [0.29, 0.717) is 5.69 Å². The summed E-state index contributed by atoms with van der Waals surface area (Å²) < 4.78 is 0. The van der Waals surface area contributed by atoms with Crippen LogP contribution in [0.4, 0.5) is 10.5 Å². The predicted octanol–water partition coefficient (Wildman–Crippen LogP) is 2.76. The summed E-state index contributed by atoms with van der Waals surface area (Å²) in [5.41, 5.74) is 0.626. The Hall–Kier alpha value is -1.53. The SMILES string of the molecule is CC(C#N)N(C(=O)Cl)c1ccccc1. The van der Waals surface area contributed by atoms with Gasteiger partial charge in [0.1, 0.15) is 6.04 Å². The van der Waals surface area contributed by atoms with E-state index >= 15 is 0 Å². The fourth-order valence-electron chi connectivity index (χ4n) is 1.12. The highest BCUT2D eigenvalue weighted by atomic mass is 35.5. The minimum absolute atomic E-state index is 0.567. The van der Waals surface area contributed by atoms with Gasteiger partial charge in [0.25, 0.3) is 0 Å². The molecule has 1 rings (SSSR count). The molecule has 0 heterocycles. The number of para-hydroxylation sites is 1. The maximum atomic E-state index is 11.1. The standard InChI is InChI=1S/C10H9ClN2O/c1-8(7-12)13(10(11)14)9-5-3-2-4-6-9/h2-6,8H,1H3. The highest BCUT2D eigenvalue weighted by Crippen LogP contribution is 2.18. The Morgan fingerprint density at radius 3 is 2.50 bits per heavy atom. The number of hydrogen-bond acceptors (Lipinski definition) is 2. The maximum absolute atomic E-state index is 11.1. The van der Waals surface area contributed by atoms with E-state index in [0.717, 1.165) is 0 Å². The maximum Gasteiger partial charge on any atom is 0.321 e. The number of rotatable bonds is 2. The Labute approximate surface area is 87.5 Å². The quantitative estimate of drug-likeness (QED) is 0.554. The Bertz CT molecular complexity index is 358. The second kappa shape index (κ2) is 4.64. The van der Waals surface area contributed by atoms with E-state index in [9.17, 15) is 4.79 Å². The lowest BCUT2D eigenvalue weighted by Gasteiger charge is -2.21. The van der Waals surface area contributed by atoms with Crippen molar-refractivity contribution < 1.29 is 4.79 Å². The third-order valence-electron chi connectivity index (χ3n) is 1.80. The van der Waals surface area contributed by atoms with Gasteiger partial charge in [0.2, 0.25) is 0 Å². The van der Waals surface area contributed by atoms with Gasteiger partial charge < -0.3 is 0 Å². The van der Waals surface area contributed by atoms with Crippen LogP contribution in [0.25, 0.3) is 0 Å². The van der Waals surface area contributed by atoms with Gasteiger partial charge in [-0.05, 0) is 30.7 Å². The van der Waals surface area contributed by atoms with Crippen molar-refractivity contribution in [3.63, 3.8) is 0 Å². The first kappa shape index (κ1) is 10.6. The van der Waals surface area contributed by atoms with Gasteiger partial charge in [0.15, 0.2) is 0 Å². The van der Waals surface area contributed by atoms with Crippen molar-refractivity contribution in [3.05, 3.63) is 30.3 Å². The van der Waals surface area contributed by atoms with Gasteiger partial charge in [-0.3, -0.25) is 9.69 Å². The molecule has 72 valence electrons. The fourth-order valence-corrected chi connectivity index (χ4v) is 1.37. The topological polar surface area (TPSA) is 44.1 Å². The van der Waals surface area contributed by atoms with Crippen LogP contribution in [0.3, 0.4) is 0 Å². The molecule has 4 heteroatoms. The van der Waals surface area contributed by atoms with E-state index in [1.165, 1.54) is 4.90 Å². The lowest BCUT2D eigenvalue weighted by Crippen LogP contribution is -2.33. The van der Waals surface area contributed by atoms with Crippen molar-refractivity contribution in [1.29, 1.82) is 5.26 Å². The number of carbonyl (C=O) groups excluding carboxylic acids is 1. The number of benzene rings is 1. The zero-order chi connectivity index (χ0) is 10.6. The molecular formula is C10H9ClN2O. The molecule has 0 saturated heterocycles. The van der Waals surface area contributed by atoms with Crippen molar-refractivity contribution in [2.75, 3.05) is 4.90 Å². The molecule has 0 aliphatic carbocycles. The molecule has 0 spiro atoms. The molecule has 0 bridgehead atoms. The minimum atomic E-state index is -0.648. The van der Waals surface area contributed by atoms with Gasteiger partial charge in [-0.25, -0.2) is 0 Å². The zero-order valence-corrected chi connectivity index (χ0v) is 8.40. The molecule has 0 fully saturated rings. The Morgan fingerprint density at radius 1 is 1.50 bits per heavy atom. The molecule has 0 N–H and O–H groups in total. The largest absolute Gasteiger partial charge is 0.321 e. The fraction of sp³-hybridized carbons (Fsp3) is 0.200. The number of halogens is 1. The Balaban J connectivity index is 3.02. The summed E-state index contributed by atoms with van der Waals surface area (Å²) in [5, 5.41) is 8.06. The van der Waals surface area contributed by atoms with E-state index in [2.05, 4.69) is 0 Å². The van der Waals surface area contributed by atoms with Gasteiger partial charge in [-0.15, -0.1) is 0 Å². The van der Waals surface area contributed by atoms with E-state index in [4.69, 9.17) is 16.9 Å². The van der Waals surface area contributed by atoms with Gasteiger partial charge in [0, 0.05) is 5.69 Å². The molecule has 1 aromatic carbocycles. The molecule has 0 radical (unpaired) electrons. The summed E-state index contributed by atoms with van der Waals surface area (Å²) >= 11 is 5.39. The summed E-state index contributed by atoms with van der Waals surface area (Å²) in [4.78, 5) is 12.3. The van der Waals surface area contributed by atoms with Crippen LogP contribution in [-0.2, 0) is 0 Å². The van der Waals surface area contributed by atoms with E-state index in [1.54, 1.807) is 31.2 Å². The molecule has 1 amide bonds. The van der Waals surface area contributed by atoms with Crippen LogP contribution >= 0.6 is 11.6 Å². The molecule has 1 atom stereocenters. The van der Waals surface area contributed by atoms with Crippen LogP contribution < -0.4 is 4.90 Å². The monoisotopic (exact) mass is 208 g/mol. The molecule has 0 saturated carbocycles. The zero-order valence-electron chi connectivity index (χ0n) is 7.64. The second-order valence-corrected chi connectivity index (χ2v) is 3.09. The summed E-state index contributed by atoms with van der Waals surface area (Å²) in [5.74, 6) is 0. The first-order valence-corrected chi connectivity index (χ1v) is 4.48. The van der Waals surface area contributed by atoms with Crippen molar-refractivity contribution >= 4 is 22.7 Å². The first-order chi connectivity index (χ1) is 6.66. The summed E-state index contributed by atoms with van der Waals surface area (Å²) in [6.07, 6.45) is 0. The van der Waals surface area contributed by atoms with Gasteiger partial charge in [-0.2, -0.15) is 5.26 Å². The highest BCUT2D eigenvalue weighted by molar-refractivity contribution is 6.66. The van der Waals surface area contributed by atoms with Crippen LogP contribution in [0.2, 0.25) is 0 Å². The molecule has 14 heavy (non-hydrogen) atoms. The molecular weight excluding hydrogens is 200 g/mol. The average molecular weight is 209 g/mol. The predicted molar refractivity (Wildman–Crippen MR) is 55.2 cm³/mol. The number of amides is 1. The summed E-state index contributed by atoms with van der Waals surface area (Å²) in [6, 6.07) is 10.3. The van der Waals surface area contributed by atoms with Crippen LogP contribution in [0.15, 0.2) is 30.3 Å². The summed E-state index contributed by atoms with van der Waals surface area (Å²) in [6.45, 7) is 1.62. The number of hydrogen-bond donors (Lipinski definition) is 0. The number of carbonyl (C=O) groups is 1. The van der Waals surface area contributed by atoms with Gasteiger partial charge >= 0.3 is 5.37 Å². The number of nitriles is 1. The van der Waals surface area contributed by atoms with Crippen LogP contribution in [-0.4, -0.2) is 11.4 Å². The molecule has 1 aromatic rings. The second-order valence-electron chi connectivity index (χ2n) is 2.76. The summed E-state index contributed by atoms with van der Waals surface area (Å²) in [7, 11) is 0. The van der Waals surface area contributed by atoms with Crippen molar-refractivity contribution in [2.45, 2.75) is 13.0 Å². The Morgan fingerprint density at radius 2 is 2.07 bits per heavy atom. The minimum Gasteiger partial charge on any atom is -0.283 e. The normalized spacial score (nSPS) is 11.5. The van der Waals surface area contributed by atoms with E-state index in [1.807, 2.05) is 12.1 Å². The molecule has 1 unspecified atom stereocenters. The van der Waals surface area contributed by atoms with Crippen molar-refractivity contribution in [1.82, 2.24) is 0 Å².